The summed E-state index contributed by atoms with van der Waals surface area (Å²) >= 11 is 7.56. The van der Waals surface area contributed by atoms with Crippen LogP contribution in [0.25, 0.3) is 0 Å². The van der Waals surface area contributed by atoms with Crippen molar-refractivity contribution in [2.45, 2.75) is 18.9 Å². The third kappa shape index (κ3) is 4.13. The van der Waals surface area contributed by atoms with Crippen molar-refractivity contribution in [3.05, 3.63) is 28.2 Å². The fourth-order valence-corrected chi connectivity index (χ4v) is 4.70. The molecule has 0 radical (unpaired) electrons. The van der Waals surface area contributed by atoms with Crippen LogP contribution in [0.2, 0.25) is 4.34 Å². The molecule has 146 valence electrons. The van der Waals surface area contributed by atoms with Crippen molar-refractivity contribution in [2.75, 3.05) is 51.3 Å². The number of aromatic nitrogens is 2. The van der Waals surface area contributed by atoms with E-state index in [1.54, 1.807) is 0 Å². The summed E-state index contributed by atoms with van der Waals surface area (Å²) in [7, 11) is 1.97. The first-order valence-corrected chi connectivity index (χ1v) is 10.5. The topological polar surface area (TPSA) is 64.7 Å². The number of nitrogens with zero attached hydrogens (tertiary/aromatic N) is 4. The fourth-order valence-electron chi connectivity index (χ4n) is 3.70. The van der Waals surface area contributed by atoms with Crippen molar-refractivity contribution < 1.29 is 9.53 Å². The van der Waals surface area contributed by atoms with E-state index in [1.807, 2.05) is 35.0 Å². The van der Waals surface area contributed by atoms with Gasteiger partial charge in [0.1, 0.15) is 0 Å². The largest absolute Gasteiger partial charge is 0.379 e. The van der Waals surface area contributed by atoms with E-state index in [1.165, 1.54) is 11.3 Å². The number of nitrogens with one attached hydrogen (secondary N) is 1. The van der Waals surface area contributed by atoms with Crippen LogP contribution in [-0.2, 0) is 9.53 Å². The first kappa shape index (κ1) is 18.7. The molecule has 27 heavy (non-hydrogen) atoms. The van der Waals surface area contributed by atoms with Gasteiger partial charge in [0, 0.05) is 32.7 Å². The van der Waals surface area contributed by atoms with Gasteiger partial charge in [0.25, 0.3) is 0 Å². The van der Waals surface area contributed by atoms with Crippen LogP contribution in [0.5, 0.6) is 0 Å². The zero-order valence-electron chi connectivity index (χ0n) is 15.4. The maximum absolute atomic E-state index is 12.8. The lowest BCUT2D eigenvalue weighted by Gasteiger charge is -2.30. The Morgan fingerprint density at radius 3 is 2.96 bits per heavy atom. The number of aromatic amines is 1. The monoisotopic (exact) mass is 409 g/mol. The summed E-state index contributed by atoms with van der Waals surface area (Å²) in [5.41, 5.74) is 0.993. The van der Waals surface area contributed by atoms with E-state index in [4.69, 9.17) is 16.3 Å². The number of amides is 1. The number of thiophene rings is 1. The van der Waals surface area contributed by atoms with Gasteiger partial charge in [-0.15, -0.1) is 11.3 Å². The van der Waals surface area contributed by atoms with Crippen LogP contribution >= 0.6 is 22.9 Å². The van der Waals surface area contributed by atoms with Crippen LogP contribution < -0.4 is 4.90 Å². The summed E-state index contributed by atoms with van der Waals surface area (Å²) < 4.78 is 6.12. The van der Waals surface area contributed by atoms with Crippen LogP contribution in [0.4, 0.5) is 10.8 Å². The zero-order valence-corrected chi connectivity index (χ0v) is 16.9. The molecule has 0 aromatic carbocycles. The van der Waals surface area contributed by atoms with E-state index in [0.717, 1.165) is 53.3 Å². The molecule has 1 amide bonds. The van der Waals surface area contributed by atoms with E-state index >= 15 is 0 Å². The van der Waals surface area contributed by atoms with E-state index in [-0.39, 0.29) is 11.9 Å². The third-order valence-corrected chi connectivity index (χ3v) is 6.52. The van der Waals surface area contributed by atoms with Gasteiger partial charge in [-0.2, -0.15) is 5.10 Å². The number of rotatable bonds is 5. The number of anilines is 2. The van der Waals surface area contributed by atoms with Crippen LogP contribution in [0.1, 0.15) is 24.6 Å². The maximum atomic E-state index is 12.8. The molecule has 0 bridgehead atoms. The first-order valence-electron chi connectivity index (χ1n) is 9.26. The standard InChI is InChI=1S/C18H24ClN5O2S/c1-22(18-5-4-15(19)27-18)16-11-13(20-21-16)14-3-2-6-24(14)17(25)12-23-7-9-26-10-8-23/h4-5,11,14H,2-3,6-10,12H2,1H3,(H,20,21). The molecule has 1 N–H and O–H groups in total. The van der Waals surface area contributed by atoms with Crippen molar-refractivity contribution in [3.63, 3.8) is 0 Å². The lowest BCUT2D eigenvalue weighted by atomic mass is 10.1. The molecular formula is C18H24ClN5O2S. The minimum atomic E-state index is 0.0696. The summed E-state index contributed by atoms with van der Waals surface area (Å²) in [5.74, 6) is 1.02. The van der Waals surface area contributed by atoms with Crippen LogP contribution in [-0.4, -0.2) is 72.3 Å². The van der Waals surface area contributed by atoms with Crippen molar-refractivity contribution in [1.82, 2.24) is 20.0 Å². The first-order chi connectivity index (χ1) is 13.1. The molecule has 4 rings (SSSR count). The molecule has 4 heterocycles. The highest BCUT2D eigenvalue weighted by Crippen LogP contribution is 2.36. The maximum Gasteiger partial charge on any atom is 0.237 e. The normalized spacial score (nSPS) is 21.0. The Hall–Kier alpha value is -1.61. The SMILES string of the molecule is CN(c1cc(C2CCCN2C(=O)CN2CCOCC2)[nH]n1)c1ccc(Cl)s1. The molecule has 2 fully saturated rings. The van der Waals surface area contributed by atoms with E-state index < -0.39 is 0 Å². The Labute approximate surface area is 167 Å². The molecule has 2 aliphatic heterocycles. The van der Waals surface area contributed by atoms with Crippen molar-refractivity contribution >= 4 is 39.7 Å². The van der Waals surface area contributed by atoms with Gasteiger partial charge in [-0.1, -0.05) is 11.6 Å². The number of carbonyl (C=O) groups is 1. The quantitative estimate of drug-likeness (QED) is 0.822. The van der Waals surface area contributed by atoms with Gasteiger partial charge >= 0.3 is 0 Å². The van der Waals surface area contributed by atoms with Crippen molar-refractivity contribution in [2.24, 2.45) is 0 Å². The second kappa shape index (κ2) is 8.18. The lowest BCUT2D eigenvalue weighted by Crippen LogP contribution is -2.44. The summed E-state index contributed by atoms with van der Waals surface area (Å²) in [6, 6.07) is 5.97. The average molecular weight is 410 g/mol. The number of hydrogen-bond donors (Lipinski definition) is 1. The Bertz CT molecular complexity index is 788. The lowest BCUT2D eigenvalue weighted by molar-refractivity contribution is -0.134. The second-order valence-electron chi connectivity index (χ2n) is 6.95. The summed E-state index contributed by atoms with van der Waals surface area (Å²) in [6.07, 6.45) is 1.98. The molecule has 9 heteroatoms. The van der Waals surface area contributed by atoms with Crippen molar-refractivity contribution in [3.8, 4) is 0 Å². The van der Waals surface area contributed by atoms with E-state index in [0.29, 0.717) is 19.8 Å². The third-order valence-electron chi connectivity index (χ3n) is 5.21. The number of ether oxygens (including phenoxy) is 1. The Kier molecular flexibility index (Phi) is 5.68. The average Bonchev–Trinajstić information content (AvgIpc) is 3.41. The molecule has 0 saturated carbocycles. The van der Waals surface area contributed by atoms with Gasteiger partial charge in [0.15, 0.2) is 5.82 Å². The van der Waals surface area contributed by atoms with Crippen LogP contribution in [0.3, 0.4) is 0 Å². The Balaban J connectivity index is 1.44. The second-order valence-corrected chi connectivity index (χ2v) is 8.65. The minimum Gasteiger partial charge on any atom is -0.379 e. The number of hydrogen-bond acceptors (Lipinski definition) is 6. The molecule has 7 nitrogen and oxygen atoms in total. The minimum absolute atomic E-state index is 0.0696. The van der Waals surface area contributed by atoms with Crippen LogP contribution in [0.15, 0.2) is 18.2 Å². The smallest absolute Gasteiger partial charge is 0.237 e. The Morgan fingerprint density at radius 1 is 1.41 bits per heavy atom. The van der Waals surface area contributed by atoms with Gasteiger partial charge in [0.05, 0.1) is 40.8 Å². The number of likely N-dealkylation sites (tertiary alicyclic amines) is 1. The molecule has 1 atom stereocenters. The molecule has 0 spiro atoms. The number of morpholine rings is 1. The number of carbonyl (C=O) groups excluding carboxylic acids is 1. The molecule has 2 saturated heterocycles. The van der Waals surface area contributed by atoms with E-state index in [9.17, 15) is 4.79 Å². The van der Waals surface area contributed by atoms with Crippen molar-refractivity contribution in [1.29, 1.82) is 0 Å². The number of halogens is 1. The highest BCUT2D eigenvalue weighted by Gasteiger charge is 2.32. The highest BCUT2D eigenvalue weighted by atomic mass is 35.5. The fraction of sp³-hybridized carbons (Fsp3) is 0.556. The molecular weight excluding hydrogens is 386 g/mol. The molecule has 2 aromatic rings. The number of H-pyrrole nitrogens is 1. The zero-order chi connectivity index (χ0) is 18.8. The predicted octanol–water partition coefficient (Wildman–Crippen LogP) is 2.89. The molecule has 2 aromatic heterocycles. The summed E-state index contributed by atoms with van der Waals surface area (Å²) in [4.78, 5) is 19.0. The van der Waals surface area contributed by atoms with E-state index in [2.05, 4.69) is 15.1 Å². The van der Waals surface area contributed by atoms with Gasteiger partial charge in [0.2, 0.25) is 5.91 Å². The molecule has 0 aliphatic carbocycles. The molecule has 1 unspecified atom stereocenters. The summed E-state index contributed by atoms with van der Waals surface area (Å²) in [6.45, 7) is 4.34. The predicted molar refractivity (Wildman–Crippen MR) is 107 cm³/mol. The molecule has 2 aliphatic rings. The van der Waals surface area contributed by atoms with Gasteiger partial charge < -0.3 is 14.5 Å². The summed E-state index contributed by atoms with van der Waals surface area (Å²) in [5, 5.41) is 8.63. The van der Waals surface area contributed by atoms with Gasteiger partial charge in [-0.05, 0) is 25.0 Å². The van der Waals surface area contributed by atoms with Gasteiger partial charge in [-0.25, -0.2) is 0 Å². The highest BCUT2D eigenvalue weighted by molar-refractivity contribution is 7.20. The van der Waals surface area contributed by atoms with Gasteiger partial charge in [-0.3, -0.25) is 14.8 Å². The van der Waals surface area contributed by atoms with Crippen LogP contribution in [0, 0.1) is 0 Å². The Morgan fingerprint density at radius 2 is 2.22 bits per heavy atom.